The third-order valence-electron chi connectivity index (χ3n) is 2.08. The fourth-order valence-electron chi connectivity index (χ4n) is 1.35. The van der Waals surface area contributed by atoms with Crippen molar-refractivity contribution in [3.63, 3.8) is 0 Å². The van der Waals surface area contributed by atoms with E-state index in [2.05, 4.69) is 56.5 Å². The molecule has 0 saturated carbocycles. The topological polar surface area (TPSA) is 0 Å². The van der Waals surface area contributed by atoms with Crippen molar-refractivity contribution in [2.75, 3.05) is 0 Å². The number of rotatable bonds is 2. The maximum absolute atomic E-state index is 3.54. The van der Waals surface area contributed by atoms with Gasteiger partial charge in [0, 0.05) is 15.4 Å². The minimum absolute atomic E-state index is 1.09. The second-order valence-electron chi connectivity index (χ2n) is 3.22. The summed E-state index contributed by atoms with van der Waals surface area (Å²) in [5.41, 5.74) is 2.38. The lowest BCUT2D eigenvalue weighted by Gasteiger charge is -2.04. The molecule has 2 heteroatoms. The van der Waals surface area contributed by atoms with Gasteiger partial charge in [-0.05, 0) is 29.3 Å². The lowest BCUT2D eigenvalue weighted by Crippen LogP contribution is -1.86. The number of hydrogen-bond acceptors (Lipinski definition) is 0. The summed E-state index contributed by atoms with van der Waals surface area (Å²) in [4.78, 5) is 0. The van der Waals surface area contributed by atoms with Crippen LogP contribution in [0.5, 0.6) is 0 Å². The molecule has 1 radical (unpaired) electrons. The van der Waals surface area contributed by atoms with E-state index in [4.69, 9.17) is 0 Å². The van der Waals surface area contributed by atoms with E-state index in [0.717, 1.165) is 8.95 Å². The Morgan fingerprint density at radius 1 is 0.867 bits per heavy atom. The summed E-state index contributed by atoms with van der Waals surface area (Å²) in [5.74, 6) is 0. The Morgan fingerprint density at radius 3 is 2.33 bits per heavy atom. The van der Waals surface area contributed by atoms with Crippen LogP contribution in [0.2, 0.25) is 0 Å². The second-order valence-corrected chi connectivity index (χ2v) is 4.99. The number of halogens is 2. The first-order valence-electron chi connectivity index (χ1n) is 4.60. The Kier molecular flexibility index (Phi) is 3.60. The highest BCUT2D eigenvalue weighted by Gasteiger charge is 2.02. The molecule has 0 atom stereocenters. The van der Waals surface area contributed by atoms with E-state index in [1.54, 1.807) is 0 Å². The highest BCUT2D eigenvalue weighted by Crippen LogP contribution is 2.25. The minimum atomic E-state index is 1.09. The van der Waals surface area contributed by atoms with Gasteiger partial charge >= 0.3 is 0 Å². The highest BCUT2D eigenvalue weighted by molar-refractivity contribution is 9.11. The van der Waals surface area contributed by atoms with Crippen LogP contribution in [0, 0.1) is 6.42 Å². The molecule has 0 N–H and O–H groups in total. The average molecular weight is 325 g/mol. The van der Waals surface area contributed by atoms with Gasteiger partial charge in [0.25, 0.3) is 0 Å². The molecule has 2 aromatic rings. The van der Waals surface area contributed by atoms with Crippen LogP contribution in [-0.4, -0.2) is 0 Å². The molecule has 0 nitrogen and oxygen atoms in total. The Hall–Kier alpha value is -0.600. The standard InChI is InChI=1S/C13H9Br2/c14-12-6-7-13(15)11(9-12)8-10-4-2-1-3-5-10/h1-9H. The van der Waals surface area contributed by atoms with Gasteiger partial charge in [-0.2, -0.15) is 0 Å². The van der Waals surface area contributed by atoms with Crippen molar-refractivity contribution < 1.29 is 0 Å². The fourth-order valence-corrected chi connectivity index (χ4v) is 2.09. The average Bonchev–Trinajstić information content (AvgIpc) is 2.25. The van der Waals surface area contributed by atoms with Crippen molar-refractivity contribution in [3.05, 3.63) is 75.0 Å². The fraction of sp³-hybridized carbons (Fsp3) is 0. The third kappa shape index (κ3) is 2.93. The van der Waals surface area contributed by atoms with E-state index in [1.165, 1.54) is 11.1 Å². The van der Waals surface area contributed by atoms with Gasteiger partial charge in [-0.15, -0.1) is 0 Å². The van der Waals surface area contributed by atoms with Crippen molar-refractivity contribution in [2.24, 2.45) is 0 Å². The molecule has 0 aliphatic heterocycles. The molecule has 0 saturated heterocycles. The van der Waals surface area contributed by atoms with Crippen molar-refractivity contribution >= 4 is 31.9 Å². The van der Waals surface area contributed by atoms with Crippen LogP contribution in [0.3, 0.4) is 0 Å². The lowest BCUT2D eigenvalue weighted by molar-refractivity contribution is 1.40. The van der Waals surface area contributed by atoms with Gasteiger partial charge in [0.05, 0.1) is 0 Å². The Balaban J connectivity index is 2.28. The number of hydrogen-bond donors (Lipinski definition) is 0. The first-order chi connectivity index (χ1) is 7.25. The zero-order valence-electron chi connectivity index (χ0n) is 7.95. The first kappa shape index (κ1) is 10.9. The molecule has 0 heterocycles. The molecule has 0 amide bonds. The van der Waals surface area contributed by atoms with Crippen LogP contribution in [0.4, 0.5) is 0 Å². The van der Waals surface area contributed by atoms with Gasteiger partial charge in [-0.3, -0.25) is 0 Å². The second kappa shape index (κ2) is 4.95. The molecular weight excluding hydrogens is 316 g/mol. The molecule has 0 aliphatic carbocycles. The van der Waals surface area contributed by atoms with E-state index in [-0.39, 0.29) is 0 Å². The summed E-state index contributed by atoms with van der Waals surface area (Å²) < 4.78 is 2.20. The van der Waals surface area contributed by atoms with Gasteiger partial charge in [0.15, 0.2) is 0 Å². The summed E-state index contributed by atoms with van der Waals surface area (Å²) in [5, 5.41) is 0. The predicted molar refractivity (Wildman–Crippen MR) is 70.8 cm³/mol. The molecule has 0 bridgehead atoms. The molecule has 75 valence electrons. The van der Waals surface area contributed by atoms with Gasteiger partial charge in [-0.25, -0.2) is 0 Å². The van der Waals surface area contributed by atoms with Gasteiger partial charge < -0.3 is 0 Å². The summed E-state index contributed by atoms with van der Waals surface area (Å²) in [6.45, 7) is 0. The SMILES string of the molecule is Brc1ccc(Br)c([CH]c2ccccc2)c1. The smallest absolute Gasteiger partial charge is 0.0214 e. The summed E-state index contributed by atoms with van der Waals surface area (Å²) in [6.07, 6.45) is 2.15. The van der Waals surface area contributed by atoms with Crippen LogP contribution < -0.4 is 0 Å². The summed E-state index contributed by atoms with van der Waals surface area (Å²) in [7, 11) is 0. The molecule has 0 fully saturated rings. The van der Waals surface area contributed by atoms with E-state index >= 15 is 0 Å². The zero-order chi connectivity index (χ0) is 10.7. The first-order valence-corrected chi connectivity index (χ1v) is 6.19. The van der Waals surface area contributed by atoms with Crippen molar-refractivity contribution in [1.82, 2.24) is 0 Å². The Labute approximate surface area is 107 Å². The minimum Gasteiger partial charge on any atom is -0.0622 e. The van der Waals surface area contributed by atoms with E-state index in [0.29, 0.717) is 0 Å². The maximum atomic E-state index is 3.54. The maximum Gasteiger partial charge on any atom is 0.0214 e. The molecule has 0 unspecified atom stereocenters. The van der Waals surface area contributed by atoms with Crippen molar-refractivity contribution in [1.29, 1.82) is 0 Å². The van der Waals surface area contributed by atoms with Gasteiger partial charge in [0.2, 0.25) is 0 Å². The highest BCUT2D eigenvalue weighted by atomic mass is 79.9. The molecule has 2 aromatic carbocycles. The molecule has 0 spiro atoms. The van der Waals surface area contributed by atoms with Gasteiger partial charge in [0.1, 0.15) is 0 Å². The normalized spacial score (nSPS) is 10.3. The number of benzene rings is 2. The van der Waals surface area contributed by atoms with Crippen LogP contribution >= 0.6 is 31.9 Å². The summed E-state index contributed by atoms with van der Waals surface area (Å²) >= 11 is 7.00. The van der Waals surface area contributed by atoms with E-state index in [1.807, 2.05) is 30.3 Å². The predicted octanol–water partition coefficient (Wildman–Crippen LogP) is 4.81. The quantitative estimate of drug-likeness (QED) is 0.743. The molecular formula is C13H9Br2. The van der Waals surface area contributed by atoms with Crippen LogP contribution in [0.1, 0.15) is 11.1 Å². The van der Waals surface area contributed by atoms with Crippen LogP contribution in [0.25, 0.3) is 0 Å². The Morgan fingerprint density at radius 2 is 1.60 bits per heavy atom. The summed E-state index contributed by atoms with van der Waals surface area (Å²) in [6, 6.07) is 16.4. The van der Waals surface area contributed by atoms with E-state index in [9.17, 15) is 0 Å². The van der Waals surface area contributed by atoms with Gasteiger partial charge in [-0.1, -0.05) is 62.2 Å². The molecule has 0 aromatic heterocycles. The zero-order valence-corrected chi connectivity index (χ0v) is 11.1. The monoisotopic (exact) mass is 323 g/mol. The third-order valence-corrected chi connectivity index (χ3v) is 3.30. The van der Waals surface area contributed by atoms with E-state index < -0.39 is 0 Å². The van der Waals surface area contributed by atoms with Crippen molar-refractivity contribution in [2.45, 2.75) is 0 Å². The molecule has 15 heavy (non-hydrogen) atoms. The lowest BCUT2D eigenvalue weighted by atomic mass is 10.1. The van der Waals surface area contributed by atoms with Crippen molar-refractivity contribution in [3.8, 4) is 0 Å². The van der Waals surface area contributed by atoms with Crippen LogP contribution in [0.15, 0.2) is 57.5 Å². The molecule has 0 aliphatic rings. The Bertz CT molecular complexity index is 449. The molecule has 2 rings (SSSR count). The van der Waals surface area contributed by atoms with Crippen LogP contribution in [-0.2, 0) is 0 Å². The largest absolute Gasteiger partial charge is 0.0622 e.